The zero-order chi connectivity index (χ0) is 10.6. The van der Waals surface area contributed by atoms with E-state index in [4.69, 9.17) is 9.47 Å². The molecule has 1 aliphatic heterocycles. The van der Waals surface area contributed by atoms with Gasteiger partial charge < -0.3 is 14.8 Å². The molecular weight excluding hydrogens is 182 g/mol. The fourth-order valence-electron chi connectivity index (χ4n) is 1.43. The average molecular weight is 201 g/mol. The van der Waals surface area contributed by atoms with E-state index in [1.54, 1.807) is 7.11 Å². The van der Waals surface area contributed by atoms with Gasteiger partial charge in [0.25, 0.3) is 0 Å². The monoisotopic (exact) mass is 201 g/mol. The second-order valence-electron chi connectivity index (χ2n) is 3.91. The molecule has 1 N–H and O–H groups in total. The number of nitrogens with one attached hydrogen (secondary N) is 1. The highest BCUT2D eigenvalue weighted by molar-refractivity contribution is 5.72. The van der Waals surface area contributed by atoms with Gasteiger partial charge in [0, 0.05) is 7.11 Å². The van der Waals surface area contributed by atoms with E-state index in [-0.39, 0.29) is 18.0 Å². The van der Waals surface area contributed by atoms with Gasteiger partial charge in [-0.2, -0.15) is 0 Å². The minimum atomic E-state index is -0.150. The zero-order valence-corrected chi connectivity index (χ0v) is 9.08. The molecule has 1 rings (SSSR count). The van der Waals surface area contributed by atoms with Crippen LogP contribution in [0, 0.1) is 11.8 Å². The Morgan fingerprint density at radius 2 is 2.14 bits per heavy atom. The van der Waals surface area contributed by atoms with Crippen LogP contribution in [-0.4, -0.2) is 38.9 Å². The molecule has 14 heavy (non-hydrogen) atoms. The SMILES string of the molecule is COCC(C)OC(=O)C(C)C1CNC1. The molecule has 2 atom stereocenters. The Morgan fingerprint density at radius 3 is 2.57 bits per heavy atom. The molecule has 4 heteroatoms. The third-order valence-electron chi connectivity index (χ3n) is 2.61. The highest BCUT2D eigenvalue weighted by Crippen LogP contribution is 2.17. The number of methoxy groups -OCH3 is 1. The summed E-state index contributed by atoms with van der Waals surface area (Å²) in [6, 6.07) is 0. The number of ether oxygens (including phenoxy) is 2. The van der Waals surface area contributed by atoms with Crippen molar-refractivity contribution in [3.63, 3.8) is 0 Å². The van der Waals surface area contributed by atoms with Gasteiger partial charge in [0.2, 0.25) is 0 Å². The van der Waals surface area contributed by atoms with Gasteiger partial charge in [0.05, 0.1) is 12.5 Å². The Hall–Kier alpha value is -0.610. The van der Waals surface area contributed by atoms with Crippen LogP contribution < -0.4 is 5.32 Å². The number of carbonyl (C=O) groups is 1. The minimum Gasteiger partial charge on any atom is -0.460 e. The average Bonchev–Trinajstić information content (AvgIpc) is 2.01. The normalized spacial score (nSPS) is 21.1. The third kappa shape index (κ3) is 2.96. The second-order valence-corrected chi connectivity index (χ2v) is 3.91. The lowest BCUT2D eigenvalue weighted by molar-refractivity contribution is -0.157. The Labute approximate surface area is 85.0 Å². The van der Waals surface area contributed by atoms with Crippen molar-refractivity contribution in [3.05, 3.63) is 0 Å². The Kier molecular flexibility index (Phi) is 4.35. The van der Waals surface area contributed by atoms with Crippen molar-refractivity contribution < 1.29 is 14.3 Å². The largest absolute Gasteiger partial charge is 0.460 e. The van der Waals surface area contributed by atoms with Gasteiger partial charge >= 0.3 is 5.97 Å². The fourth-order valence-corrected chi connectivity index (χ4v) is 1.43. The van der Waals surface area contributed by atoms with E-state index in [1.807, 2.05) is 13.8 Å². The van der Waals surface area contributed by atoms with Crippen molar-refractivity contribution in [1.82, 2.24) is 5.32 Å². The summed E-state index contributed by atoms with van der Waals surface area (Å²) in [6.07, 6.45) is -0.150. The number of rotatable bonds is 5. The molecule has 0 radical (unpaired) electrons. The molecule has 0 saturated carbocycles. The molecule has 0 aromatic carbocycles. The molecule has 82 valence electrons. The van der Waals surface area contributed by atoms with Crippen molar-refractivity contribution in [2.45, 2.75) is 20.0 Å². The molecular formula is C10H19NO3. The van der Waals surface area contributed by atoms with Crippen molar-refractivity contribution in [1.29, 1.82) is 0 Å². The summed E-state index contributed by atoms with van der Waals surface area (Å²) in [5.74, 6) is 0.328. The second kappa shape index (κ2) is 5.32. The van der Waals surface area contributed by atoms with Gasteiger partial charge in [0.1, 0.15) is 6.10 Å². The van der Waals surface area contributed by atoms with Crippen LogP contribution in [-0.2, 0) is 14.3 Å². The summed E-state index contributed by atoms with van der Waals surface area (Å²) in [5, 5.41) is 3.14. The first-order valence-electron chi connectivity index (χ1n) is 5.05. The Bertz CT molecular complexity index is 192. The van der Waals surface area contributed by atoms with Crippen LogP contribution in [0.4, 0.5) is 0 Å². The summed E-state index contributed by atoms with van der Waals surface area (Å²) >= 11 is 0. The molecule has 1 aliphatic rings. The molecule has 0 aliphatic carbocycles. The molecule has 0 amide bonds. The van der Waals surface area contributed by atoms with Crippen molar-refractivity contribution in [2.75, 3.05) is 26.8 Å². The van der Waals surface area contributed by atoms with Crippen molar-refractivity contribution in [3.8, 4) is 0 Å². The summed E-state index contributed by atoms with van der Waals surface area (Å²) in [4.78, 5) is 11.6. The molecule has 2 unspecified atom stereocenters. The topological polar surface area (TPSA) is 47.6 Å². The quantitative estimate of drug-likeness (QED) is 0.655. The first-order chi connectivity index (χ1) is 6.65. The van der Waals surface area contributed by atoms with E-state index in [0.29, 0.717) is 12.5 Å². The Morgan fingerprint density at radius 1 is 1.50 bits per heavy atom. The predicted octanol–water partition coefficient (Wildman–Crippen LogP) is 0.420. The van der Waals surface area contributed by atoms with Crippen LogP contribution in [0.5, 0.6) is 0 Å². The van der Waals surface area contributed by atoms with Gasteiger partial charge in [-0.25, -0.2) is 0 Å². The maximum atomic E-state index is 11.6. The summed E-state index contributed by atoms with van der Waals surface area (Å²) in [6.45, 7) is 6.08. The number of esters is 1. The van der Waals surface area contributed by atoms with Gasteiger partial charge in [-0.3, -0.25) is 4.79 Å². The molecule has 0 bridgehead atoms. The van der Waals surface area contributed by atoms with E-state index in [0.717, 1.165) is 13.1 Å². The van der Waals surface area contributed by atoms with E-state index in [2.05, 4.69) is 5.32 Å². The molecule has 0 aromatic rings. The molecule has 1 heterocycles. The van der Waals surface area contributed by atoms with Gasteiger partial charge in [-0.05, 0) is 25.9 Å². The smallest absolute Gasteiger partial charge is 0.309 e. The predicted molar refractivity (Wildman–Crippen MR) is 53.0 cm³/mol. The molecule has 4 nitrogen and oxygen atoms in total. The lowest BCUT2D eigenvalue weighted by Gasteiger charge is -2.31. The maximum absolute atomic E-state index is 11.6. The molecule has 1 saturated heterocycles. The fraction of sp³-hybridized carbons (Fsp3) is 0.900. The summed E-state index contributed by atoms with van der Waals surface area (Å²) < 4.78 is 10.1. The minimum absolute atomic E-state index is 0.00411. The zero-order valence-electron chi connectivity index (χ0n) is 9.08. The Balaban J connectivity index is 2.25. The number of hydrogen-bond donors (Lipinski definition) is 1. The summed E-state index contributed by atoms with van der Waals surface area (Å²) in [7, 11) is 1.60. The van der Waals surface area contributed by atoms with Crippen LogP contribution in [0.2, 0.25) is 0 Å². The van der Waals surface area contributed by atoms with Gasteiger partial charge in [0.15, 0.2) is 0 Å². The van der Waals surface area contributed by atoms with Crippen LogP contribution in [0.15, 0.2) is 0 Å². The van der Waals surface area contributed by atoms with Crippen LogP contribution in [0.1, 0.15) is 13.8 Å². The van der Waals surface area contributed by atoms with E-state index in [1.165, 1.54) is 0 Å². The van der Waals surface area contributed by atoms with E-state index < -0.39 is 0 Å². The highest BCUT2D eigenvalue weighted by Gasteiger charge is 2.30. The van der Waals surface area contributed by atoms with Gasteiger partial charge in [-0.1, -0.05) is 6.92 Å². The highest BCUT2D eigenvalue weighted by atomic mass is 16.6. The molecule has 0 aromatic heterocycles. The standard InChI is InChI=1S/C10H19NO3/c1-7(6-13-3)14-10(12)8(2)9-4-11-5-9/h7-9,11H,4-6H2,1-3H3. The van der Waals surface area contributed by atoms with Crippen molar-refractivity contribution in [2.24, 2.45) is 11.8 Å². The molecule has 1 fully saturated rings. The first kappa shape index (κ1) is 11.5. The maximum Gasteiger partial charge on any atom is 0.309 e. The van der Waals surface area contributed by atoms with Gasteiger partial charge in [-0.15, -0.1) is 0 Å². The number of carbonyl (C=O) groups excluding carboxylic acids is 1. The van der Waals surface area contributed by atoms with Crippen LogP contribution in [0.3, 0.4) is 0 Å². The van der Waals surface area contributed by atoms with E-state index >= 15 is 0 Å². The van der Waals surface area contributed by atoms with Crippen LogP contribution >= 0.6 is 0 Å². The lowest BCUT2D eigenvalue weighted by Crippen LogP contribution is -2.48. The first-order valence-corrected chi connectivity index (χ1v) is 5.05. The third-order valence-corrected chi connectivity index (χ3v) is 2.61. The van der Waals surface area contributed by atoms with Crippen LogP contribution in [0.25, 0.3) is 0 Å². The van der Waals surface area contributed by atoms with E-state index in [9.17, 15) is 4.79 Å². The number of hydrogen-bond acceptors (Lipinski definition) is 4. The lowest BCUT2D eigenvalue weighted by atomic mass is 9.89. The summed E-state index contributed by atoms with van der Waals surface area (Å²) in [5.41, 5.74) is 0. The molecule has 0 spiro atoms. The van der Waals surface area contributed by atoms with Crippen molar-refractivity contribution >= 4 is 5.97 Å².